The number of likely N-dealkylation sites (N-methyl/N-ethyl adjacent to an activating group) is 1. The molecule has 0 aromatic carbocycles. The van der Waals surface area contributed by atoms with Crippen molar-refractivity contribution in [1.29, 1.82) is 0 Å². The molecule has 0 aromatic rings. The van der Waals surface area contributed by atoms with Gasteiger partial charge in [-0.3, -0.25) is 4.90 Å². The fourth-order valence-corrected chi connectivity index (χ4v) is 2.51. The van der Waals surface area contributed by atoms with Crippen molar-refractivity contribution in [3.63, 3.8) is 0 Å². The minimum Gasteiger partial charge on any atom is -0.374 e. The monoisotopic (exact) mass is 228 g/mol. The summed E-state index contributed by atoms with van der Waals surface area (Å²) in [5, 5.41) is 0. The van der Waals surface area contributed by atoms with Crippen molar-refractivity contribution >= 4 is 0 Å². The van der Waals surface area contributed by atoms with Crippen LogP contribution in [0.5, 0.6) is 0 Å². The van der Waals surface area contributed by atoms with Gasteiger partial charge in [0.05, 0.1) is 12.2 Å². The van der Waals surface area contributed by atoms with E-state index in [-0.39, 0.29) is 0 Å². The minimum absolute atomic E-state index is 0.353. The third kappa shape index (κ3) is 4.04. The molecule has 0 aromatic heterocycles. The lowest BCUT2D eigenvalue weighted by molar-refractivity contribution is 0.00254. The molecule has 1 heterocycles. The summed E-state index contributed by atoms with van der Waals surface area (Å²) in [7, 11) is 2.18. The second-order valence-corrected chi connectivity index (χ2v) is 5.05. The van der Waals surface area contributed by atoms with E-state index in [0.29, 0.717) is 24.8 Å². The van der Waals surface area contributed by atoms with Gasteiger partial charge in [0.15, 0.2) is 0 Å². The second kappa shape index (κ2) is 7.25. The van der Waals surface area contributed by atoms with Crippen molar-refractivity contribution in [2.45, 2.75) is 64.2 Å². The van der Waals surface area contributed by atoms with Crippen LogP contribution in [0.2, 0.25) is 0 Å². The first-order valence-corrected chi connectivity index (χ1v) is 6.74. The maximum Gasteiger partial charge on any atom is 0.0746 e. The van der Waals surface area contributed by atoms with Crippen LogP contribution in [0, 0.1) is 0 Å². The van der Waals surface area contributed by atoms with Crippen molar-refractivity contribution in [2.75, 3.05) is 20.1 Å². The van der Waals surface area contributed by atoms with Crippen LogP contribution >= 0.6 is 0 Å². The van der Waals surface area contributed by atoms with Crippen LogP contribution in [0.25, 0.3) is 0 Å². The Balaban J connectivity index is 2.34. The van der Waals surface area contributed by atoms with Gasteiger partial charge in [0.1, 0.15) is 0 Å². The smallest absolute Gasteiger partial charge is 0.0746 e. The molecule has 0 saturated carbocycles. The lowest BCUT2D eigenvalue weighted by Gasteiger charge is -2.31. The van der Waals surface area contributed by atoms with E-state index in [9.17, 15) is 0 Å². The summed E-state index contributed by atoms with van der Waals surface area (Å²) in [5.74, 6) is 0. The molecule has 96 valence electrons. The van der Waals surface area contributed by atoms with Crippen molar-refractivity contribution < 1.29 is 4.74 Å². The van der Waals surface area contributed by atoms with Gasteiger partial charge in [-0.25, -0.2) is 0 Å². The molecule has 0 radical (unpaired) electrons. The Morgan fingerprint density at radius 3 is 2.62 bits per heavy atom. The van der Waals surface area contributed by atoms with Gasteiger partial charge in [-0.15, -0.1) is 0 Å². The first-order chi connectivity index (χ1) is 7.69. The number of hydrogen-bond donors (Lipinski definition) is 1. The number of unbranched alkanes of at least 4 members (excludes halogenated alkanes) is 2. The second-order valence-electron chi connectivity index (χ2n) is 5.05. The molecule has 1 rings (SSSR count). The largest absolute Gasteiger partial charge is 0.374 e. The lowest BCUT2D eigenvalue weighted by Crippen LogP contribution is -2.46. The van der Waals surface area contributed by atoms with Crippen LogP contribution in [-0.4, -0.2) is 43.3 Å². The molecule has 1 aliphatic rings. The first kappa shape index (κ1) is 13.9. The average molecular weight is 228 g/mol. The van der Waals surface area contributed by atoms with Gasteiger partial charge in [0.2, 0.25) is 0 Å². The number of rotatable bonds is 7. The van der Waals surface area contributed by atoms with Crippen LogP contribution in [0.15, 0.2) is 0 Å². The summed E-state index contributed by atoms with van der Waals surface area (Å²) in [6.07, 6.45) is 6.98. The molecule has 3 heteroatoms. The molecule has 3 nitrogen and oxygen atoms in total. The van der Waals surface area contributed by atoms with Gasteiger partial charge in [-0.2, -0.15) is 0 Å². The van der Waals surface area contributed by atoms with Crippen molar-refractivity contribution in [3.8, 4) is 0 Å². The molecule has 0 amide bonds. The topological polar surface area (TPSA) is 38.5 Å². The van der Waals surface area contributed by atoms with E-state index >= 15 is 0 Å². The van der Waals surface area contributed by atoms with Gasteiger partial charge in [-0.05, 0) is 39.8 Å². The molecule has 1 saturated heterocycles. The first-order valence-electron chi connectivity index (χ1n) is 6.74. The van der Waals surface area contributed by atoms with Gasteiger partial charge in [-0.1, -0.05) is 19.8 Å². The van der Waals surface area contributed by atoms with E-state index in [2.05, 4.69) is 25.8 Å². The molecule has 0 spiro atoms. The van der Waals surface area contributed by atoms with Crippen LogP contribution in [0.4, 0.5) is 0 Å². The molecule has 3 atom stereocenters. The molecule has 2 N–H and O–H groups in total. The van der Waals surface area contributed by atoms with E-state index in [4.69, 9.17) is 10.5 Å². The lowest BCUT2D eigenvalue weighted by atomic mass is 10.1. The maximum absolute atomic E-state index is 5.92. The molecule has 0 aliphatic carbocycles. The molecular weight excluding hydrogens is 200 g/mol. The summed E-state index contributed by atoms with van der Waals surface area (Å²) in [4.78, 5) is 2.39. The van der Waals surface area contributed by atoms with Crippen molar-refractivity contribution in [1.82, 2.24) is 4.90 Å². The summed E-state index contributed by atoms with van der Waals surface area (Å²) in [6, 6.07) is 0.404. The van der Waals surface area contributed by atoms with E-state index < -0.39 is 0 Å². The fraction of sp³-hybridized carbons (Fsp3) is 1.00. The highest BCUT2D eigenvalue weighted by atomic mass is 16.5. The zero-order chi connectivity index (χ0) is 12.0. The fourth-order valence-electron chi connectivity index (χ4n) is 2.51. The Hall–Kier alpha value is -0.120. The Labute approximate surface area is 100 Å². The Morgan fingerprint density at radius 2 is 2.12 bits per heavy atom. The average Bonchev–Trinajstić information content (AvgIpc) is 2.66. The molecular formula is C13H28N2O. The summed E-state index contributed by atoms with van der Waals surface area (Å²) >= 11 is 0. The maximum atomic E-state index is 5.92. The normalized spacial score (nSPS) is 27.6. The standard InChI is InChI=1S/C13H28N2O/c1-4-5-6-9-15(3)12(10-14)13-8-7-11(2)16-13/h11-13H,4-10,14H2,1-3H3. The van der Waals surface area contributed by atoms with E-state index in [1.165, 1.54) is 32.1 Å². The molecule has 16 heavy (non-hydrogen) atoms. The minimum atomic E-state index is 0.353. The van der Waals surface area contributed by atoms with Gasteiger partial charge in [0, 0.05) is 12.6 Å². The SMILES string of the molecule is CCCCCN(C)C(CN)C1CCC(C)O1. The Bertz CT molecular complexity index is 187. The van der Waals surface area contributed by atoms with Crippen LogP contribution in [0.1, 0.15) is 46.0 Å². The highest BCUT2D eigenvalue weighted by Gasteiger charge is 2.30. The van der Waals surface area contributed by atoms with Crippen LogP contribution < -0.4 is 5.73 Å². The third-order valence-corrected chi connectivity index (χ3v) is 3.62. The number of hydrogen-bond acceptors (Lipinski definition) is 3. The van der Waals surface area contributed by atoms with Crippen LogP contribution in [-0.2, 0) is 4.74 Å². The zero-order valence-corrected chi connectivity index (χ0v) is 11.1. The van der Waals surface area contributed by atoms with Gasteiger partial charge >= 0.3 is 0 Å². The van der Waals surface area contributed by atoms with Gasteiger partial charge in [0.25, 0.3) is 0 Å². The Kier molecular flexibility index (Phi) is 6.32. The van der Waals surface area contributed by atoms with E-state index in [1.54, 1.807) is 0 Å². The molecule has 0 bridgehead atoms. The Morgan fingerprint density at radius 1 is 1.38 bits per heavy atom. The number of ether oxygens (including phenoxy) is 1. The highest BCUT2D eigenvalue weighted by molar-refractivity contribution is 4.84. The van der Waals surface area contributed by atoms with Gasteiger partial charge < -0.3 is 10.5 Å². The predicted octanol–water partition coefficient (Wildman–Crippen LogP) is 2.00. The molecule has 1 fully saturated rings. The molecule has 1 aliphatic heterocycles. The van der Waals surface area contributed by atoms with E-state index in [0.717, 1.165) is 6.54 Å². The summed E-state index contributed by atoms with van der Waals surface area (Å²) in [5.41, 5.74) is 5.88. The summed E-state index contributed by atoms with van der Waals surface area (Å²) in [6.45, 7) is 6.25. The quantitative estimate of drug-likeness (QED) is 0.677. The van der Waals surface area contributed by atoms with E-state index in [1.807, 2.05) is 0 Å². The van der Waals surface area contributed by atoms with Crippen LogP contribution in [0.3, 0.4) is 0 Å². The zero-order valence-electron chi connectivity index (χ0n) is 11.1. The number of nitrogens with zero attached hydrogens (tertiary/aromatic N) is 1. The van der Waals surface area contributed by atoms with Crippen molar-refractivity contribution in [3.05, 3.63) is 0 Å². The summed E-state index contributed by atoms with van der Waals surface area (Å²) < 4.78 is 5.92. The molecule has 3 unspecified atom stereocenters. The number of nitrogens with two attached hydrogens (primary N) is 1. The third-order valence-electron chi connectivity index (χ3n) is 3.62. The highest BCUT2D eigenvalue weighted by Crippen LogP contribution is 2.23. The van der Waals surface area contributed by atoms with Crippen molar-refractivity contribution in [2.24, 2.45) is 5.73 Å². The predicted molar refractivity (Wildman–Crippen MR) is 68.6 cm³/mol.